The molecular formula is C20H23O4P. The summed E-state index contributed by atoms with van der Waals surface area (Å²) in [5, 5.41) is 0. The quantitative estimate of drug-likeness (QED) is 0.666. The van der Waals surface area contributed by atoms with Gasteiger partial charge in [0, 0.05) is 11.5 Å². The van der Waals surface area contributed by atoms with Crippen molar-refractivity contribution < 1.29 is 18.5 Å². The minimum Gasteiger partial charge on any atom is -0.404 e. The maximum Gasteiger partial charge on any atom is 0.528 e. The Labute approximate surface area is 148 Å². The lowest BCUT2D eigenvalue weighted by Crippen LogP contribution is -2.26. The molecule has 1 heterocycles. The number of aryl methyl sites for hydroxylation is 1. The van der Waals surface area contributed by atoms with Gasteiger partial charge in [-0.25, -0.2) is 4.57 Å². The second-order valence-corrected chi connectivity index (χ2v) is 8.88. The molecule has 0 amide bonds. The van der Waals surface area contributed by atoms with E-state index in [0.717, 1.165) is 31.2 Å². The number of benzene rings is 1. The highest BCUT2D eigenvalue weighted by Crippen LogP contribution is 2.57. The molecule has 0 fully saturated rings. The molecule has 5 rings (SSSR count). The molecule has 3 aliphatic carbocycles. The molecule has 4 nitrogen and oxygen atoms in total. The van der Waals surface area contributed by atoms with Crippen LogP contribution in [0, 0.1) is 0 Å². The summed E-state index contributed by atoms with van der Waals surface area (Å²) in [6.45, 7) is 0. The van der Waals surface area contributed by atoms with Crippen molar-refractivity contribution in [3.8, 4) is 5.75 Å². The van der Waals surface area contributed by atoms with Gasteiger partial charge in [0.1, 0.15) is 5.75 Å². The Bertz CT molecular complexity index is 838. The van der Waals surface area contributed by atoms with Gasteiger partial charge in [0.25, 0.3) is 0 Å². The van der Waals surface area contributed by atoms with Gasteiger partial charge in [0.15, 0.2) is 0 Å². The van der Waals surface area contributed by atoms with Gasteiger partial charge >= 0.3 is 7.82 Å². The highest BCUT2D eigenvalue weighted by atomic mass is 31.2. The van der Waals surface area contributed by atoms with Crippen molar-refractivity contribution >= 4 is 7.82 Å². The summed E-state index contributed by atoms with van der Waals surface area (Å²) in [5.41, 5.74) is 6.61. The normalized spacial score (nSPS) is 33.5. The predicted molar refractivity (Wildman–Crippen MR) is 95.8 cm³/mol. The van der Waals surface area contributed by atoms with Crippen LogP contribution in [0.25, 0.3) is 0 Å². The first-order valence-corrected chi connectivity index (χ1v) is 10.9. The van der Waals surface area contributed by atoms with Gasteiger partial charge in [-0.1, -0.05) is 23.8 Å². The summed E-state index contributed by atoms with van der Waals surface area (Å²) in [7, 11) is -4.11. The first kappa shape index (κ1) is 15.9. The Kier molecular flexibility index (Phi) is 3.70. The molecule has 0 saturated carbocycles. The number of fused-ring (bicyclic) bond motifs is 6. The zero-order valence-electron chi connectivity index (χ0n) is 14.2. The molecule has 0 spiro atoms. The molecule has 1 N–H and O–H groups in total. The van der Waals surface area contributed by atoms with Crippen LogP contribution in [-0.2, 0) is 21.9 Å². The average Bonchev–Trinajstić information content (AvgIpc) is 2.73. The number of hydrogen-bond acceptors (Lipinski definition) is 3. The number of allylic oxidation sites excluding steroid dienone is 2. The van der Waals surface area contributed by atoms with Crippen molar-refractivity contribution in [1.29, 1.82) is 0 Å². The molecule has 1 aromatic rings. The maximum absolute atomic E-state index is 12.5. The van der Waals surface area contributed by atoms with Crippen molar-refractivity contribution in [2.24, 2.45) is 0 Å². The molecule has 2 unspecified atom stereocenters. The molecule has 0 radical (unpaired) electrons. The van der Waals surface area contributed by atoms with Crippen LogP contribution in [0.3, 0.4) is 0 Å². The lowest BCUT2D eigenvalue weighted by molar-refractivity contribution is 0.163. The summed E-state index contributed by atoms with van der Waals surface area (Å²) in [6.07, 6.45) is 12.7. The van der Waals surface area contributed by atoms with Crippen LogP contribution < -0.4 is 4.52 Å². The van der Waals surface area contributed by atoms with Gasteiger partial charge in [0.2, 0.25) is 0 Å². The second-order valence-electron chi connectivity index (χ2n) is 7.55. The van der Waals surface area contributed by atoms with Gasteiger partial charge in [-0.15, -0.1) is 0 Å². The summed E-state index contributed by atoms with van der Waals surface area (Å²) in [4.78, 5) is 10.2. The third kappa shape index (κ3) is 2.63. The van der Waals surface area contributed by atoms with Crippen molar-refractivity contribution in [2.45, 2.75) is 63.4 Å². The number of rotatable bonds is 0. The summed E-state index contributed by atoms with van der Waals surface area (Å²) >= 11 is 0. The maximum atomic E-state index is 12.5. The van der Waals surface area contributed by atoms with Crippen LogP contribution in [0.2, 0.25) is 0 Å². The number of phosphoric ester groups is 1. The molecular weight excluding hydrogens is 335 g/mol. The van der Waals surface area contributed by atoms with E-state index in [0.29, 0.717) is 5.75 Å². The van der Waals surface area contributed by atoms with Crippen LogP contribution in [0.4, 0.5) is 0 Å². The summed E-state index contributed by atoms with van der Waals surface area (Å²) in [5.74, 6) is 0.568. The fraction of sp³-hybridized carbons (Fsp3) is 0.500. The predicted octanol–water partition coefficient (Wildman–Crippen LogP) is 4.97. The Morgan fingerprint density at radius 2 is 1.84 bits per heavy atom. The molecule has 0 aromatic heterocycles. The van der Waals surface area contributed by atoms with Crippen molar-refractivity contribution in [3.63, 3.8) is 0 Å². The van der Waals surface area contributed by atoms with E-state index < -0.39 is 13.9 Å². The van der Waals surface area contributed by atoms with Gasteiger partial charge in [-0.05, 0) is 74.1 Å². The van der Waals surface area contributed by atoms with E-state index in [9.17, 15) is 9.46 Å². The zero-order chi connectivity index (χ0) is 17.0. The molecule has 1 aliphatic heterocycles. The third-order valence-electron chi connectivity index (χ3n) is 6.06. The zero-order valence-corrected chi connectivity index (χ0v) is 15.1. The Hall–Kier alpha value is -1.35. The fourth-order valence-corrected chi connectivity index (χ4v) is 5.96. The standard InChI is InChI=1S/C20H23O4P/c21-25(22)23-17-11-9-13-5-1-3-7-15(13)19(17)20-16-8-4-2-6-14(16)10-12-18(20)24-25/h9-12,17,19H,1-8H2,(H,21,22)/t17?,19-/m0/s1. The second kappa shape index (κ2) is 5.84. The van der Waals surface area contributed by atoms with Crippen molar-refractivity contribution in [2.75, 3.05) is 0 Å². The monoisotopic (exact) mass is 358 g/mol. The molecule has 1 aromatic carbocycles. The van der Waals surface area contributed by atoms with E-state index in [4.69, 9.17) is 9.05 Å². The number of hydrogen-bond donors (Lipinski definition) is 1. The Balaban J connectivity index is 1.75. The number of phosphoric acid groups is 1. The Morgan fingerprint density at radius 1 is 1.04 bits per heavy atom. The highest BCUT2D eigenvalue weighted by Gasteiger charge is 2.43. The first-order chi connectivity index (χ1) is 12.1. The van der Waals surface area contributed by atoms with Crippen molar-refractivity contribution in [3.05, 3.63) is 52.1 Å². The fourth-order valence-electron chi connectivity index (χ4n) is 5.01. The van der Waals surface area contributed by atoms with E-state index in [1.165, 1.54) is 48.0 Å². The SMILES string of the molecule is O=P1(O)Oc2ccc3c(c2[C@H]2C4=C(C=CC2O1)CCCC4)CCCC3. The lowest BCUT2D eigenvalue weighted by atomic mass is 9.71. The van der Waals surface area contributed by atoms with Gasteiger partial charge in [-0.2, -0.15) is 0 Å². The van der Waals surface area contributed by atoms with Crippen molar-refractivity contribution in [1.82, 2.24) is 0 Å². The van der Waals surface area contributed by atoms with Crippen LogP contribution in [0.1, 0.15) is 61.1 Å². The van der Waals surface area contributed by atoms with E-state index in [2.05, 4.69) is 12.1 Å². The third-order valence-corrected chi connectivity index (χ3v) is 7.00. The van der Waals surface area contributed by atoms with E-state index in [1.54, 1.807) is 0 Å². The largest absolute Gasteiger partial charge is 0.528 e. The van der Waals surface area contributed by atoms with Crippen LogP contribution >= 0.6 is 7.82 Å². The first-order valence-electron chi connectivity index (χ1n) is 9.38. The molecule has 132 valence electrons. The van der Waals surface area contributed by atoms with Crippen LogP contribution in [0.5, 0.6) is 5.75 Å². The van der Waals surface area contributed by atoms with E-state index >= 15 is 0 Å². The minimum absolute atomic E-state index is 0.0197. The molecule has 4 aliphatic rings. The minimum atomic E-state index is -4.11. The summed E-state index contributed by atoms with van der Waals surface area (Å²) < 4.78 is 23.6. The molecule has 5 heteroatoms. The van der Waals surface area contributed by atoms with Gasteiger partial charge in [-0.3, -0.25) is 9.42 Å². The lowest BCUT2D eigenvalue weighted by Gasteiger charge is -2.35. The summed E-state index contributed by atoms with van der Waals surface area (Å²) in [6, 6.07) is 3.96. The van der Waals surface area contributed by atoms with Gasteiger partial charge < -0.3 is 4.52 Å². The smallest absolute Gasteiger partial charge is 0.404 e. The molecule has 0 saturated heterocycles. The van der Waals surface area contributed by atoms with E-state index in [-0.39, 0.29) is 5.92 Å². The van der Waals surface area contributed by atoms with E-state index in [1.807, 2.05) is 12.1 Å². The topological polar surface area (TPSA) is 55.8 Å². The molecule has 0 bridgehead atoms. The average molecular weight is 358 g/mol. The molecule has 25 heavy (non-hydrogen) atoms. The Morgan fingerprint density at radius 3 is 2.76 bits per heavy atom. The van der Waals surface area contributed by atoms with Crippen LogP contribution in [0.15, 0.2) is 35.4 Å². The van der Waals surface area contributed by atoms with Gasteiger partial charge in [0.05, 0.1) is 6.10 Å². The van der Waals surface area contributed by atoms with Crippen LogP contribution in [-0.4, -0.2) is 11.0 Å². The molecule has 3 atom stereocenters. The highest BCUT2D eigenvalue weighted by molar-refractivity contribution is 7.47.